The van der Waals surface area contributed by atoms with Gasteiger partial charge in [0.25, 0.3) is 5.91 Å². The van der Waals surface area contributed by atoms with Gasteiger partial charge in [0, 0.05) is 16.3 Å². The SMILES string of the molecule is O=C(NCCCCCBr)c1ccccc1Br. The van der Waals surface area contributed by atoms with Gasteiger partial charge in [-0.15, -0.1) is 0 Å². The van der Waals surface area contributed by atoms with Gasteiger partial charge in [-0.05, 0) is 40.9 Å². The Morgan fingerprint density at radius 1 is 1.19 bits per heavy atom. The van der Waals surface area contributed by atoms with Crippen molar-refractivity contribution in [2.24, 2.45) is 0 Å². The van der Waals surface area contributed by atoms with Crippen molar-refractivity contribution in [3.8, 4) is 0 Å². The zero-order valence-corrected chi connectivity index (χ0v) is 12.2. The standard InChI is InChI=1S/C12H15Br2NO/c13-8-4-1-5-9-15-12(16)10-6-2-3-7-11(10)14/h2-3,6-7H,1,4-5,8-9H2,(H,15,16). The highest BCUT2D eigenvalue weighted by molar-refractivity contribution is 9.10. The van der Waals surface area contributed by atoms with Crippen molar-refractivity contribution in [2.45, 2.75) is 19.3 Å². The molecule has 0 bridgehead atoms. The maximum atomic E-state index is 11.7. The predicted molar refractivity (Wildman–Crippen MR) is 74.1 cm³/mol. The van der Waals surface area contributed by atoms with Crippen LogP contribution in [-0.2, 0) is 0 Å². The van der Waals surface area contributed by atoms with Crippen LogP contribution >= 0.6 is 31.9 Å². The summed E-state index contributed by atoms with van der Waals surface area (Å²) in [6.45, 7) is 0.743. The number of rotatable bonds is 6. The van der Waals surface area contributed by atoms with Crippen molar-refractivity contribution in [3.63, 3.8) is 0 Å². The Hall–Kier alpha value is -0.350. The highest BCUT2D eigenvalue weighted by Gasteiger charge is 2.07. The molecule has 1 amide bonds. The molecule has 0 unspecified atom stereocenters. The molecule has 0 fully saturated rings. The van der Waals surface area contributed by atoms with E-state index in [9.17, 15) is 4.79 Å². The summed E-state index contributed by atoms with van der Waals surface area (Å²) in [5.41, 5.74) is 0.697. The molecule has 4 heteroatoms. The average Bonchev–Trinajstić information content (AvgIpc) is 2.29. The number of carbonyl (C=O) groups excluding carboxylic acids is 1. The number of benzene rings is 1. The second kappa shape index (κ2) is 7.85. The van der Waals surface area contributed by atoms with Crippen LogP contribution in [-0.4, -0.2) is 17.8 Å². The molecule has 0 saturated carbocycles. The molecular formula is C12H15Br2NO. The van der Waals surface area contributed by atoms with E-state index in [0.717, 1.165) is 35.6 Å². The van der Waals surface area contributed by atoms with Gasteiger partial charge in [-0.2, -0.15) is 0 Å². The molecule has 0 atom stereocenters. The van der Waals surface area contributed by atoms with E-state index in [0.29, 0.717) is 5.56 Å². The van der Waals surface area contributed by atoms with Crippen molar-refractivity contribution in [1.29, 1.82) is 0 Å². The number of hydrogen-bond donors (Lipinski definition) is 1. The minimum Gasteiger partial charge on any atom is -0.352 e. The van der Waals surface area contributed by atoms with Crippen LogP contribution in [0, 0.1) is 0 Å². The smallest absolute Gasteiger partial charge is 0.252 e. The van der Waals surface area contributed by atoms with E-state index in [2.05, 4.69) is 37.2 Å². The molecule has 1 aromatic carbocycles. The van der Waals surface area contributed by atoms with Crippen molar-refractivity contribution in [3.05, 3.63) is 34.3 Å². The Morgan fingerprint density at radius 2 is 1.94 bits per heavy atom. The number of halogens is 2. The molecule has 0 aliphatic carbocycles. The summed E-state index contributed by atoms with van der Waals surface area (Å²) in [4.78, 5) is 11.7. The topological polar surface area (TPSA) is 29.1 Å². The van der Waals surface area contributed by atoms with Gasteiger partial charge in [0.05, 0.1) is 5.56 Å². The zero-order chi connectivity index (χ0) is 11.8. The van der Waals surface area contributed by atoms with E-state index >= 15 is 0 Å². The molecule has 1 N–H and O–H groups in total. The summed E-state index contributed by atoms with van der Waals surface area (Å²) in [6, 6.07) is 7.46. The highest BCUT2D eigenvalue weighted by atomic mass is 79.9. The van der Waals surface area contributed by atoms with Crippen LogP contribution in [0.15, 0.2) is 28.7 Å². The fourth-order valence-corrected chi connectivity index (χ4v) is 2.20. The molecule has 1 rings (SSSR count). The first-order valence-electron chi connectivity index (χ1n) is 5.34. The predicted octanol–water partition coefficient (Wildman–Crippen LogP) is 3.74. The van der Waals surface area contributed by atoms with Crippen molar-refractivity contribution in [1.82, 2.24) is 5.32 Å². The van der Waals surface area contributed by atoms with Crippen LogP contribution < -0.4 is 5.32 Å². The lowest BCUT2D eigenvalue weighted by Crippen LogP contribution is -2.24. The largest absolute Gasteiger partial charge is 0.352 e. The van der Waals surface area contributed by atoms with E-state index < -0.39 is 0 Å². The Kier molecular flexibility index (Phi) is 6.73. The molecule has 0 aliphatic rings. The quantitative estimate of drug-likeness (QED) is 0.615. The summed E-state index contributed by atoms with van der Waals surface area (Å²) in [5, 5.41) is 3.95. The Balaban J connectivity index is 2.33. The lowest BCUT2D eigenvalue weighted by atomic mass is 10.2. The molecular weight excluding hydrogens is 334 g/mol. The van der Waals surface area contributed by atoms with Crippen LogP contribution in [0.5, 0.6) is 0 Å². The number of alkyl halides is 1. The zero-order valence-electron chi connectivity index (χ0n) is 9.01. The van der Waals surface area contributed by atoms with E-state index in [4.69, 9.17) is 0 Å². The van der Waals surface area contributed by atoms with E-state index in [1.165, 1.54) is 0 Å². The van der Waals surface area contributed by atoms with Crippen molar-refractivity contribution in [2.75, 3.05) is 11.9 Å². The minimum atomic E-state index is -0.00804. The molecule has 0 heterocycles. The normalized spacial score (nSPS) is 10.1. The van der Waals surface area contributed by atoms with Crippen LogP contribution in [0.25, 0.3) is 0 Å². The summed E-state index contributed by atoms with van der Waals surface area (Å²) >= 11 is 6.75. The average molecular weight is 349 g/mol. The van der Waals surface area contributed by atoms with Gasteiger partial charge in [-0.1, -0.05) is 34.5 Å². The Morgan fingerprint density at radius 3 is 2.62 bits per heavy atom. The maximum absolute atomic E-state index is 11.7. The molecule has 0 spiro atoms. The summed E-state index contributed by atoms with van der Waals surface area (Å²) in [6.07, 6.45) is 3.33. The molecule has 1 aromatic rings. The van der Waals surface area contributed by atoms with Gasteiger partial charge >= 0.3 is 0 Å². The second-order valence-electron chi connectivity index (χ2n) is 3.49. The van der Waals surface area contributed by atoms with E-state index in [-0.39, 0.29) is 5.91 Å². The summed E-state index contributed by atoms with van der Waals surface area (Å²) in [5.74, 6) is -0.00804. The summed E-state index contributed by atoms with van der Waals surface area (Å²) in [7, 11) is 0. The highest BCUT2D eigenvalue weighted by Crippen LogP contribution is 2.15. The lowest BCUT2D eigenvalue weighted by molar-refractivity contribution is 0.0952. The lowest BCUT2D eigenvalue weighted by Gasteiger charge is -2.06. The maximum Gasteiger partial charge on any atom is 0.252 e. The number of hydrogen-bond acceptors (Lipinski definition) is 1. The second-order valence-corrected chi connectivity index (χ2v) is 5.13. The van der Waals surface area contributed by atoms with Gasteiger partial charge < -0.3 is 5.32 Å². The fourth-order valence-electron chi connectivity index (χ4n) is 1.34. The van der Waals surface area contributed by atoms with Crippen molar-refractivity contribution >= 4 is 37.8 Å². The monoisotopic (exact) mass is 347 g/mol. The van der Waals surface area contributed by atoms with Crippen LogP contribution in [0.3, 0.4) is 0 Å². The molecule has 0 radical (unpaired) electrons. The minimum absolute atomic E-state index is 0.00804. The number of carbonyl (C=O) groups is 1. The van der Waals surface area contributed by atoms with Crippen molar-refractivity contribution < 1.29 is 4.79 Å². The van der Waals surface area contributed by atoms with Gasteiger partial charge in [0.1, 0.15) is 0 Å². The first-order valence-corrected chi connectivity index (χ1v) is 7.26. The van der Waals surface area contributed by atoms with Crippen LogP contribution in [0.4, 0.5) is 0 Å². The Bertz CT molecular complexity index is 342. The Labute approximate surface area is 113 Å². The third-order valence-electron chi connectivity index (χ3n) is 2.21. The molecule has 2 nitrogen and oxygen atoms in total. The first-order chi connectivity index (χ1) is 7.75. The van der Waals surface area contributed by atoms with Crippen LogP contribution in [0.1, 0.15) is 29.6 Å². The molecule has 16 heavy (non-hydrogen) atoms. The fraction of sp³-hybridized carbons (Fsp3) is 0.417. The molecule has 0 aliphatic heterocycles. The molecule has 0 saturated heterocycles. The number of unbranched alkanes of at least 4 members (excludes halogenated alkanes) is 2. The first kappa shape index (κ1) is 13.7. The third-order valence-corrected chi connectivity index (χ3v) is 3.47. The van der Waals surface area contributed by atoms with Gasteiger partial charge in [0.2, 0.25) is 0 Å². The molecule has 88 valence electrons. The molecule has 0 aromatic heterocycles. The number of amides is 1. The number of nitrogens with one attached hydrogen (secondary N) is 1. The summed E-state index contributed by atoms with van der Waals surface area (Å²) < 4.78 is 0.841. The van der Waals surface area contributed by atoms with Gasteiger partial charge in [-0.3, -0.25) is 4.79 Å². The third kappa shape index (κ3) is 4.66. The van der Waals surface area contributed by atoms with E-state index in [1.807, 2.05) is 24.3 Å². The van der Waals surface area contributed by atoms with E-state index in [1.54, 1.807) is 0 Å². The van der Waals surface area contributed by atoms with Crippen LogP contribution in [0.2, 0.25) is 0 Å². The van der Waals surface area contributed by atoms with Gasteiger partial charge in [0.15, 0.2) is 0 Å². The van der Waals surface area contributed by atoms with Gasteiger partial charge in [-0.25, -0.2) is 0 Å².